The van der Waals surface area contributed by atoms with Crippen molar-refractivity contribution in [2.45, 2.75) is 6.54 Å². The molecule has 1 amide bonds. The molecule has 3 N–H and O–H groups in total. The number of pyridine rings is 1. The molecule has 28 heavy (non-hydrogen) atoms. The zero-order valence-electron chi connectivity index (χ0n) is 14.6. The predicted octanol–water partition coefficient (Wildman–Crippen LogP) is 6.32. The van der Waals surface area contributed by atoms with Crippen LogP contribution in [-0.2, 0) is 6.54 Å². The smallest absolute Gasteiger partial charge is 0.409 e. The van der Waals surface area contributed by atoms with E-state index in [2.05, 4.69) is 15.6 Å². The minimum Gasteiger partial charge on any atom is -0.465 e. The summed E-state index contributed by atoms with van der Waals surface area (Å²) in [4.78, 5) is 16.8. The van der Waals surface area contributed by atoms with Crippen molar-refractivity contribution in [3.05, 3.63) is 76.1 Å². The van der Waals surface area contributed by atoms with Crippen molar-refractivity contribution >= 4 is 51.3 Å². The molecule has 0 fully saturated rings. The number of nitrogens with one attached hydrogen (secondary N) is 2. The van der Waals surface area contributed by atoms with Gasteiger partial charge in [-0.15, -0.1) is 11.3 Å². The van der Waals surface area contributed by atoms with Crippen LogP contribution in [0.3, 0.4) is 0 Å². The molecule has 2 aromatic carbocycles. The average Bonchev–Trinajstić information content (AvgIpc) is 3.11. The summed E-state index contributed by atoms with van der Waals surface area (Å²) in [5, 5.41) is 16.1. The maximum atomic E-state index is 11.3. The summed E-state index contributed by atoms with van der Waals surface area (Å²) in [6.07, 6.45) is 0.640. The summed E-state index contributed by atoms with van der Waals surface area (Å²) >= 11 is 7.52. The Morgan fingerprint density at radius 3 is 2.75 bits per heavy atom. The highest BCUT2D eigenvalue weighted by atomic mass is 35.5. The van der Waals surface area contributed by atoms with Crippen LogP contribution in [0.5, 0.6) is 0 Å². The SMILES string of the molecule is O=C(O)Nc1ccc(NCc2ccc(Cl)s2)cc1-c1cccc2ncccc12. The number of carbonyl (C=O) groups is 1. The van der Waals surface area contributed by atoms with Crippen LogP contribution >= 0.6 is 22.9 Å². The Morgan fingerprint density at radius 2 is 1.96 bits per heavy atom. The van der Waals surface area contributed by atoms with Gasteiger partial charge in [0, 0.05) is 34.3 Å². The van der Waals surface area contributed by atoms with Gasteiger partial charge in [-0.05, 0) is 48.0 Å². The van der Waals surface area contributed by atoms with E-state index in [9.17, 15) is 9.90 Å². The highest BCUT2D eigenvalue weighted by molar-refractivity contribution is 7.16. The summed E-state index contributed by atoms with van der Waals surface area (Å²) < 4.78 is 0.752. The predicted molar refractivity (Wildman–Crippen MR) is 115 cm³/mol. The molecule has 0 aliphatic rings. The summed E-state index contributed by atoms with van der Waals surface area (Å²) in [5.41, 5.74) is 3.96. The van der Waals surface area contributed by atoms with Gasteiger partial charge in [-0.3, -0.25) is 10.3 Å². The van der Waals surface area contributed by atoms with Gasteiger partial charge < -0.3 is 10.4 Å². The van der Waals surface area contributed by atoms with E-state index in [1.807, 2.05) is 54.6 Å². The van der Waals surface area contributed by atoms with E-state index in [1.54, 1.807) is 12.3 Å². The van der Waals surface area contributed by atoms with E-state index < -0.39 is 6.09 Å². The molecule has 4 aromatic rings. The van der Waals surface area contributed by atoms with Crippen LogP contribution in [0, 0.1) is 0 Å². The fraction of sp³-hybridized carbons (Fsp3) is 0.0476. The number of thiophene rings is 1. The topological polar surface area (TPSA) is 74.2 Å². The van der Waals surface area contributed by atoms with Crippen molar-refractivity contribution in [3.63, 3.8) is 0 Å². The Kier molecular flexibility index (Phi) is 5.14. The number of anilines is 2. The van der Waals surface area contributed by atoms with Gasteiger partial charge in [0.15, 0.2) is 0 Å². The average molecular weight is 410 g/mol. The summed E-state index contributed by atoms with van der Waals surface area (Å²) in [6, 6.07) is 19.1. The highest BCUT2D eigenvalue weighted by Crippen LogP contribution is 2.35. The van der Waals surface area contributed by atoms with Crippen LogP contribution in [0.2, 0.25) is 4.34 Å². The zero-order valence-corrected chi connectivity index (χ0v) is 16.2. The van der Waals surface area contributed by atoms with Gasteiger partial charge in [0.05, 0.1) is 15.5 Å². The second-order valence-corrected chi connectivity index (χ2v) is 7.93. The quantitative estimate of drug-likeness (QED) is 0.360. The third kappa shape index (κ3) is 3.93. The number of rotatable bonds is 5. The molecule has 7 heteroatoms. The number of hydrogen-bond donors (Lipinski definition) is 3. The summed E-state index contributed by atoms with van der Waals surface area (Å²) in [6.45, 7) is 0.639. The molecule has 2 heterocycles. The molecule has 0 aliphatic heterocycles. The van der Waals surface area contributed by atoms with Crippen LogP contribution < -0.4 is 10.6 Å². The molecular formula is C21H16ClN3O2S. The van der Waals surface area contributed by atoms with Gasteiger partial charge in [0.25, 0.3) is 0 Å². The molecule has 0 aliphatic carbocycles. The van der Waals surface area contributed by atoms with Crippen molar-refractivity contribution in [2.24, 2.45) is 0 Å². The monoisotopic (exact) mass is 409 g/mol. The molecule has 0 spiro atoms. The Balaban J connectivity index is 1.75. The van der Waals surface area contributed by atoms with E-state index in [0.29, 0.717) is 12.2 Å². The minimum absolute atomic E-state index is 0.522. The lowest BCUT2D eigenvalue weighted by molar-refractivity contribution is 0.210. The Hall–Kier alpha value is -3.09. The second kappa shape index (κ2) is 7.88. The van der Waals surface area contributed by atoms with E-state index in [0.717, 1.165) is 36.9 Å². The Morgan fingerprint density at radius 1 is 1.07 bits per heavy atom. The van der Waals surface area contributed by atoms with Crippen LogP contribution in [-0.4, -0.2) is 16.2 Å². The molecule has 0 atom stereocenters. The molecule has 0 saturated carbocycles. The lowest BCUT2D eigenvalue weighted by Crippen LogP contribution is -2.09. The van der Waals surface area contributed by atoms with Crippen LogP contribution in [0.4, 0.5) is 16.2 Å². The number of benzene rings is 2. The molecule has 0 saturated heterocycles. The number of fused-ring (bicyclic) bond motifs is 1. The fourth-order valence-corrected chi connectivity index (χ4v) is 4.10. The van der Waals surface area contributed by atoms with Gasteiger partial charge in [0.1, 0.15) is 0 Å². The number of amides is 1. The highest BCUT2D eigenvalue weighted by Gasteiger charge is 2.12. The molecule has 140 valence electrons. The molecule has 2 aromatic heterocycles. The van der Waals surface area contributed by atoms with Crippen molar-refractivity contribution in [3.8, 4) is 11.1 Å². The third-order valence-corrected chi connectivity index (χ3v) is 5.52. The molecule has 5 nitrogen and oxygen atoms in total. The van der Waals surface area contributed by atoms with E-state index in [1.165, 1.54) is 11.3 Å². The van der Waals surface area contributed by atoms with Crippen LogP contribution in [0.25, 0.3) is 22.0 Å². The lowest BCUT2D eigenvalue weighted by atomic mass is 9.98. The first kappa shape index (κ1) is 18.3. The first-order valence-electron chi connectivity index (χ1n) is 8.56. The fourth-order valence-electron chi connectivity index (χ4n) is 3.08. The van der Waals surface area contributed by atoms with Gasteiger partial charge in [0.2, 0.25) is 0 Å². The number of carboxylic acid groups (broad SMARTS) is 1. The maximum Gasteiger partial charge on any atom is 0.409 e. The first-order chi connectivity index (χ1) is 13.6. The normalized spacial score (nSPS) is 10.8. The summed E-state index contributed by atoms with van der Waals surface area (Å²) in [7, 11) is 0. The number of aromatic nitrogens is 1. The first-order valence-corrected chi connectivity index (χ1v) is 9.76. The molecular weight excluding hydrogens is 394 g/mol. The lowest BCUT2D eigenvalue weighted by Gasteiger charge is -2.14. The third-order valence-electron chi connectivity index (χ3n) is 4.29. The minimum atomic E-state index is -1.10. The van der Waals surface area contributed by atoms with E-state index in [-0.39, 0.29) is 0 Å². The Bertz CT molecular complexity index is 1150. The van der Waals surface area contributed by atoms with Crippen molar-refractivity contribution in [1.82, 2.24) is 4.98 Å². The zero-order chi connectivity index (χ0) is 19.5. The number of nitrogens with zero attached hydrogens (tertiary/aromatic N) is 1. The van der Waals surface area contributed by atoms with Crippen molar-refractivity contribution < 1.29 is 9.90 Å². The largest absolute Gasteiger partial charge is 0.465 e. The van der Waals surface area contributed by atoms with Crippen LogP contribution in [0.15, 0.2) is 66.9 Å². The molecule has 4 rings (SSSR count). The van der Waals surface area contributed by atoms with Crippen molar-refractivity contribution in [1.29, 1.82) is 0 Å². The summed E-state index contributed by atoms with van der Waals surface area (Å²) in [5.74, 6) is 0. The molecule has 0 bridgehead atoms. The van der Waals surface area contributed by atoms with Crippen LogP contribution in [0.1, 0.15) is 4.88 Å². The van der Waals surface area contributed by atoms with Gasteiger partial charge in [-0.1, -0.05) is 29.8 Å². The molecule has 0 unspecified atom stereocenters. The van der Waals surface area contributed by atoms with Crippen molar-refractivity contribution in [2.75, 3.05) is 10.6 Å². The molecule has 0 radical (unpaired) electrons. The standard InChI is InChI=1S/C21H16ClN3O2S/c22-20-9-7-14(28-20)12-24-13-6-8-19(25-21(26)27)17(11-13)15-3-1-5-18-16(15)4-2-10-23-18/h1-11,24-25H,12H2,(H,26,27). The van der Waals surface area contributed by atoms with E-state index in [4.69, 9.17) is 11.6 Å². The Labute approximate surface area is 170 Å². The second-order valence-electron chi connectivity index (χ2n) is 6.13. The van der Waals surface area contributed by atoms with Gasteiger partial charge >= 0.3 is 6.09 Å². The van der Waals surface area contributed by atoms with Gasteiger partial charge in [-0.25, -0.2) is 4.79 Å². The number of hydrogen-bond acceptors (Lipinski definition) is 4. The van der Waals surface area contributed by atoms with Gasteiger partial charge in [-0.2, -0.15) is 0 Å². The maximum absolute atomic E-state index is 11.3. The number of halogens is 1. The van der Waals surface area contributed by atoms with E-state index >= 15 is 0 Å².